The van der Waals surface area contributed by atoms with Gasteiger partial charge in [0.1, 0.15) is 0 Å². The van der Waals surface area contributed by atoms with Gasteiger partial charge in [0, 0.05) is 44.4 Å². The van der Waals surface area contributed by atoms with E-state index in [1.165, 1.54) is 0 Å². The molecule has 0 bridgehead atoms. The summed E-state index contributed by atoms with van der Waals surface area (Å²) in [6.07, 6.45) is 3.85. The molecule has 2 rings (SSSR count). The standard InChI is InChI=1S/C18H30N4O2/c1-4-10-24-17-16(7-6-9-20-17)12-21-18(19-5-2)22(3)13-15-8-11-23-14-15/h6-7,9,15H,4-5,8,10-14H2,1-3H3,(H,19,21). The van der Waals surface area contributed by atoms with E-state index in [4.69, 9.17) is 14.5 Å². The van der Waals surface area contributed by atoms with Crippen molar-refractivity contribution in [3.8, 4) is 5.88 Å². The molecule has 1 unspecified atom stereocenters. The van der Waals surface area contributed by atoms with E-state index in [0.29, 0.717) is 24.9 Å². The fourth-order valence-corrected chi connectivity index (χ4v) is 2.70. The van der Waals surface area contributed by atoms with Gasteiger partial charge in [0.25, 0.3) is 0 Å². The Bertz CT molecular complexity index is 515. The van der Waals surface area contributed by atoms with Crippen LogP contribution in [-0.4, -0.2) is 55.8 Å². The van der Waals surface area contributed by atoms with Crippen molar-refractivity contribution in [1.82, 2.24) is 15.2 Å². The largest absolute Gasteiger partial charge is 0.477 e. The maximum absolute atomic E-state index is 5.72. The van der Waals surface area contributed by atoms with E-state index in [1.54, 1.807) is 6.20 Å². The number of pyridine rings is 1. The monoisotopic (exact) mass is 334 g/mol. The first-order valence-electron chi connectivity index (χ1n) is 8.88. The van der Waals surface area contributed by atoms with E-state index in [2.05, 4.69) is 36.1 Å². The molecule has 134 valence electrons. The SMILES string of the molecule is CCCOc1ncccc1CN=C(NCC)N(C)CC1CCOC1. The highest BCUT2D eigenvalue weighted by molar-refractivity contribution is 5.79. The number of guanidine groups is 1. The van der Waals surface area contributed by atoms with Crippen LogP contribution in [0.15, 0.2) is 23.3 Å². The van der Waals surface area contributed by atoms with E-state index in [1.807, 2.05) is 12.1 Å². The zero-order valence-corrected chi connectivity index (χ0v) is 15.1. The average molecular weight is 334 g/mol. The minimum absolute atomic E-state index is 0.556. The summed E-state index contributed by atoms with van der Waals surface area (Å²) < 4.78 is 11.2. The van der Waals surface area contributed by atoms with Gasteiger partial charge in [0.05, 0.1) is 19.8 Å². The summed E-state index contributed by atoms with van der Waals surface area (Å²) in [7, 11) is 2.08. The molecule has 1 aliphatic heterocycles. The van der Waals surface area contributed by atoms with Gasteiger partial charge in [-0.15, -0.1) is 0 Å². The molecular formula is C18H30N4O2. The maximum Gasteiger partial charge on any atom is 0.218 e. The molecule has 1 N–H and O–H groups in total. The van der Waals surface area contributed by atoms with Gasteiger partial charge in [0.2, 0.25) is 5.88 Å². The first-order chi connectivity index (χ1) is 11.7. The molecule has 1 saturated heterocycles. The Labute approximate surface area is 145 Å². The van der Waals surface area contributed by atoms with Gasteiger partial charge in [-0.2, -0.15) is 0 Å². The van der Waals surface area contributed by atoms with Crippen molar-refractivity contribution in [2.24, 2.45) is 10.9 Å². The zero-order valence-electron chi connectivity index (χ0n) is 15.1. The quantitative estimate of drug-likeness (QED) is 0.584. The van der Waals surface area contributed by atoms with Gasteiger partial charge < -0.3 is 19.7 Å². The molecular weight excluding hydrogens is 304 g/mol. The van der Waals surface area contributed by atoms with Crippen LogP contribution in [0.25, 0.3) is 0 Å². The average Bonchev–Trinajstić information content (AvgIpc) is 3.10. The molecule has 2 heterocycles. The zero-order chi connectivity index (χ0) is 17.2. The summed E-state index contributed by atoms with van der Waals surface area (Å²) in [4.78, 5) is 11.3. The van der Waals surface area contributed by atoms with E-state index >= 15 is 0 Å². The van der Waals surface area contributed by atoms with Crippen LogP contribution < -0.4 is 10.1 Å². The summed E-state index contributed by atoms with van der Waals surface area (Å²) in [5.41, 5.74) is 1.01. The summed E-state index contributed by atoms with van der Waals surface area (Å²) in [6.45, 7) is 8.93. The maximum atomic E-state index is 5.72. The molecule has 0 amide bonds. The number of nitrogens with zero attached hydrogens (tertiary/aromatic N) is 3. The molecule has 6 heteroatoms. The molecule has 0 saturated carbocycles. The summed E-state index contributed by atoms with van der Waals surface area (Å²) in [5.74, 6) is 2.18. The molecule has 1 aliphatic rings. The normalized spacial score (nSPS) is 17.8. The molecule has 6 nitrogen and oxygen atoms in total. The van der Waals surface area contributed by atoms with Crippen molar-refractivity contribution in [2.75, 3.05) is 40.0 Å². The highest BCUT2D eigenvalue weighted by Crippen LogP contribution is 2.16. The van der Waals surface area contributed by atoms with Gasteiger partial charge in [0.15, 0.2) is 5.96 Å². The van der Waals surface area contributed by atoms with Crippen LogP contribution in [-0.2, 0) is 11.3 Å². The van der Waals surface area contributed by atoms with Crippen LogP contribution >= 0.6 is 0 Å². The predicted molar refractivity (Wildman–Crippen MR) is 96.4 cm³/mol. The second kappa shape index (κ2) is 10.1. The topological polar surface area (TPSA) is 59.0 Å². The third-order valence-corrected chi connectivity index (χ3v) is 3.94. The second-order valence-electron chi connectivity index (χ2n) is 6.10. The van der Waals surface area contributed by atoms with E-state index < -0.39 is 0 Å². The molecule has 1 atom stereocenters. The lowest BCUT2D eigenvalue weighted by Crippen LogP contribution is -2.41. The molecule has 1 fully saturated rings. The van der Waals surface area contributed by atoms with Gasteiger partial charge >= 0.3 is 0 Å². The molecule has 0 aromatic carbocycles. The van der Waals surface area contributed by atoms with Crippen LogP contribution in [0.4, 0.5) is 0 Å². The highest BCUT2D eigenvalue weighted by atomic mass is 16.5. The molecule has 0 radical (unpaired) electrons. The Balaban J connectivity index is 2.01. The molecule has 1 aromatic rings. The Hall–Kier alpha value is -1.82. The highest BCUT2D eigenvalue weighted by Gasteiger charge is 2.19. The molecule has 0 aliphatic carbocycles. The number of rotatable bonds is 8. The summed E-state index contributed by atoms with van der Waals surface area (Å²) >= 11 is 0. The third-order valence-electron chi connectivity index (χ3n) is 3.94. The molecule has 24 heavy (non-hydrogen) atoms. The van der Waals surface area contributed by atoms with Gasteiger partial charge in [-0.05, 0) is 25.8 Å². The Morgan fingerprint density at radius 3 is 3.08 bits per heavy atom. The minimum atomic E-state index is 0.556. The second-order valence-corrected chi connectivity index (χ2v) is 6.10. The first-order valence-corrected chi connectivity index (χ1v) is 8.88. The van der Waals surface area contributed by atoms with Crippen molar-refractivity contribution >= 4 is 5.96 Å². The van der Waals surface area contributed by atoms with Crippen molar-refractivity contribution in [3.05, 3.63) is 23.9 Å². The number of aliphatic imine (C=N–C) groups is 1. The smallest absolute Gasteiger partial charge is 0.218 e. The Morgan fingerprint density at radius 2 is 2.38 bits per heavy atom. The van der Waals surface area contributed by atoms with Gasteiger partial charge in [-0.1, -0.05) is 13.0 Å². The van der Waals surface area contributed by atoms with Gasteiger partial charge in [-0.3, -0.25) is 0 Å². The summed E-state index contributed by atoms with van der Waals surface area (Å²) in [5, 5.41) is 3.36. The lowest BCUT2D eigenvalue weighted by atomic mass is 10.1. The van der Waals surface area contributed by atoms with Crippen LogP contribution in [0.5, 0.6) is 5.88 Å². The van der Waals surface area contributed by atoms with Crippen molar-refractivity contribution in [3.63, 3.8) is 0 Å². The van der Waals surface area contributed by atoms with Crippen LogP contribution in [0.1, 0.15) is 32.3 Å². The third kappa shape index (κ3) is 5.67. The van der Waals surface area contributed by atoms with Crippen LogP contribution in [0, 0.1) is 5.92 Å². The first kappa shape index (κ1) is 18.5. The van der Waals surface area contributed by atoms with Crippen molar-refractivity contribution in [1.29, 1.82) is 0 Å². The van der Waals surface area contributed by atoms with E-state index in [9.17, 15) is 0 Å². The fourth-order valence-electron chi connectivity index (χ4n) is 2.70. The van der Waals surface area contributed by atoms with E-state index in [-0.39, 0.29) is 0 Å². The van der Waals surface area contributed by atoms with Crippen LogP contribution in [0.3, 0.4) is 0 Å². The predicted octanol–water partition coefficient (Wildman–Crippen LogP) is 2.30. The molecule has 0 spiro atoms. The molecule has 1 aromatic heterocycles. The minimum Gasteiger partial charge on any atom is -0.477 e. The number of aromatic nitrogens is 1. The summed E-state index contributed by atoms with van der Waals surface area (Å²) in [6, 6.07) is 3.95. The van der Waals surface area contributed by atoms with Crippen LogP contribution in [0.2, 0.25) is 0 Å². The van der Waals surface area contributed by atoms with Crippen molar-refractivity contribution < 1.29 is 9.47 Å². The lowest BCUT2D eigenvalue weighted by molar-refractivity contribution is 0.181. The number of ether oxygens (including phenoxy) is 2. The number of nitrogens with one attached hydrogen (secondary N) is 1. The van der Waals surface area contributed by atoms with Crippen molar-refractivity contribution in [2.45, 2.75) is 33.2 Å². The Morgan fingerprint density at radius 1 is 1.50 bits per heavy atom. The lowest BCUT2D eigenvalue weighted by Gasteiger charge is -2.24. The Kier molecular flexibility index (Phi) is 7.82. The number of hydrogen-bond donors (Lipinski definition) is 1. The fraction of sp³-hybridized carbons (Fsp3) is 0.667. The van der Waals surface area contributed by atoms with E-state index in [0.717, 1.165) is 50.7 Å². The number of hydrogen-bond acceptors (Lipinski definition) is 4. The van der Waals surface area contributed by atoms with Gasteiger partial charge in [-0.25, -0.2) is 9.98 Å².